The van der Waals surface area contributed by atoms with E-state index in [-0.39, 0.29) is 5.91 Å². The second kappa shape index (κ2) is 7.01. The summed E-state index contributed by atoms with van der Waals surface area (Å²) in [5.41, 5.74) is 1.91. The first-order valence-corrected chi connectivity index (χ1v) is 8.12. The first-order chi connectivity index (χ1) is 11.7. The number of hydrogen-bond donors (Lipinski definition) is 1. The topological polar surface area (TPSA) is 60.5 Å². The number of ether oxygens (including phenoxy) is 2. The van der Waals surface area contributed by atoms with E-state index in [0.29, 0.717) is 37.6 Å². The summed E-state index contributed by atoms with van der Waals surface area (Å²) < 4.78 is 10.6. The molecule has 1 aromatic heterocycles. The lowest BCUT2D eigenvalue weighted by molar-refractivity contribution is -0.125. The number of amides is 1. The molecule has 24 heavy (non-hydrogen) atoms. The fraction of sp³-hybridized carbons (Fsp3) is 0.368. The van der Waals surface area contributed by atoms with Crippen LogP contribution in [0.5, 0.6) is 5.88 Å². The van der Waals surface area contributed by atoms with Gasteiger partial charge in [0, 0.05) is 19.3 Å². The monoisotopic (exact) mass is 326 g/mol. The lowest BCUT2D eigenvalue weighted by Crippen LogP contribution is -2.45. The molecular weight excluding hydrogens is 304 g/mol. The number of rotatable bonds is 4. The standard InChI is InChI=1S/C19H22N2O3/c1-14-16(8-9-17(20-14)23-2)21-18(22)19(10-12-24-13-11-19)15-6-4-3-5-7-15/h3-9H,10-13H2,1-2H3,(H,21,22). The molecule has 1 aliphatic rings. The SMILES string of the molecule is COc1ccc(NC(=O)C2(c3ccccc3)CCOCC2)c(C)n1. The van der Waals surface area contributed by atoms with Crippen molar-refractivity contribution in [1.82, 2.24) is 4.98 Å². The van der Waals surface area contributed by atoms with Crippen molar-refractivity contribution in [3.8, 4) is 5.88 Å². The number of nitrogens with one attached hydrogen (secondary N) is 1. The first kappa shape index (κ1) is 16.5. The zero-order chi connectivity index (χ0) is 17.0. The molecule has 0 spiro atoms. The van der Waals surface area contributed by atoms with Crippen molar-refractivity contribution in [2.24, 2.45) is 0 Å². The molecule has 1 fully saturated rings. The van der Waals surface area contributed by atoms with Crippen LogP contribution in [0.15, 0.2) is 42.5 Å². The molecule has 1 saturated heterocycles. The van der Waals surface area contributed by atoms with Gasteiger partial charge in [0.25, 0.3) is 0 Å². The van der Waals surface area contributed by atoms with E-state index in [9.17, 15) is 4.79 Å². The molecule has 1 amide bonds. The summed E-state index contributed by atoms with van der Waals surface area (Å²) in [5, 5.41) is 3.06. The summed E-state index contributed by atoms with van der Waals surface area (Å²) in [6, 6.07) is 13.5. The van der Waals surface area contributed by atoms with Gasteiger partial charge >= 0.3 is 0 Å². The van der Waals surface area contributed by atoms with Gasteiger partial charge in [-0.05, 0) is 31.4 Å². The Morgan fingerprint density at radius 3 is 2.50 bits per heavy atom. The molecule has 0 radical (unpaired) electrons. The van der Waals surface area contributed by atoms with Crippen molar-refractivity contribution in [3.05, 3.63) is 53.7 Å². The van der Waals surface area contributed by atoms with E-state index in [0.717, 1.165) is 11.3 Å². The molecule has 5 nitrogen and oxygen atoms in total. The highest BCUT2D eigenvalue weighted by atomic mass is 16.5. The number of anilines is 1. The number of aromatic nitrogens is 1. The number of benzene rings is 1. The van der Waals surface area contributed by atoms with Crippen LogP contribution in [0.25, 0.3) is 0 Å². The predicted molar refractivity (Wildman–Crippen MR) is 92.3 cm³/mol. The second-order valence-electron chi connectivity index (χ2n) is 6.00. The molecule has 126 valence electrons. The Morgan fingerprint density at radius 1 is 1.17 bits per heavy atom. The number of methoxy groups -OCH3 is 1. The fourth-order valence-electron chi connectivity index (χ4n) is 3.15. The molecule has 0 unspecified atom stereocenters. The quantitative estimate of drug-likeness (QED) is 0.938. The minimum Gasteiger partial charge on any atom is -0.481 e. The minimum atomic E-state index is -0.564. The Morgan fingerprint density at radius 2 is 1.88 bits per heavy atom. The molecule has 2 heterocycles. The largest absolute Gasteiger partial charge is 0.481 e. The third kappa shape index (κ3) is 3.12. The van der Waals surface area contributed by atoms with Crippen LogP contribution in [0.4, 0.5) is 5.69 Å². The number of carbonyl (C=O) groups is 1. The maximum absolute atomic E-state index is 13.2. The third-order valence-corrected chi connectivity index (χ3v) is 4.62. The number of hydrogen-bond acceptors (Lipinski definition) is 4. The van der Waals surface area contributed by atoms with E-state index in [4.69, 9.17) is 9.47 Å². The van der Waals surface area contributed by atoms with Crippen LogP contribution in [0.3, 0.4) is 0 Å². The van der Waals surface area contributed by atoms with Crippen LogP contribution in [0.1, 0.15) is 24.1 Å². The van der Waals surface area contributed by atoms with Gasteiger partial charge in [0.2, 0.25) is 11.8 Å². The number of aryl methyl sites for hydroxylation is 1. The van der Waals surface area contributed by atoms with Crippen LogP contribution in [0, 0.1) is 6.92 Å². The highest BCUT2D eigenvalue weighted by Gasteiger charge is 2.41. The average Bonchev–Trinajstić information content (AvgIpc) is 2.64. The van der Waals surface area contributed by atoms with Gasteiger partial charge in [-0.15, -0.1) is 0 Å². The molecule has 3 rings (SSSR count). The van der Waals surface area contributed by atoms with Gasteiger partial charge in [-0.1, -0.05) is 30.3 Å². The predicted octanol–water partition coefficient (Wildman–Crippen LogP) is 3.09. The third-order valence-electron chi connectivity index (χ3n) is 4.62. The number of nitrogens with zero attached hydrogens (tertiary/aromatic N) is 1. The van der Waals surface area contributed by atoms with Crippen molar-refractivity contribution in [1.29, 1.82) is 0 Å². The van der Waals surface area contributed by atoms with E-state index in [1.165, 1.54) is 0 Å². The second-order valence-corrected chi connectivity index (χ2v) is 6.00. The van der Waals surface area contributed by atoms with Gasteiger partial charge in [0.1, 0.15) is 0 Å². The van der Waals surface area contributed by atoms with Gasteiger partial charge < -0.3 is 14.8 Å². The summed E-state index contributed by atoms with van der Waals surface area (Å²) in [6.07, 6.45) is 1.34. The lowest BCUT2D eigenvalue weighted by atomic mass is 9.73. The zero-order valence-electron chi connectivity index (χ0n) is 14.0. The van der Waals surface area contributed by atoms with Crippen LogP contribution < -0.4 is 10.1 Å². The van der Waals surface area contributed by atoms with Gasteiger partial charge in [0.05, 0.1) is 23.9 Å². The molecule has 1 aliphatic heterocycles. The summed E-state index contributed by atoms with van der Waals surface area (Å²) in [4.78, 5) is 17.5. The molecule has 0 aliphatic carbocycles. The fourth-order valence-corrected chi connectivity index (χ4v) is 3.15. The van der Waals surface area contributed by atoms with Crippen molar-refractivity contribution < 1.29 is 14.3 Å². The Balaban J connectivity index is 1.90. The van der Waals surface area contributed by atoms with Gasteiger partial charge in [0.15, 0.2) is 0 Å². The van der Waals surface area contributed by atoms with E-state index in [1.807, 2.05) is 43.3 Å². The van der Waals surface area contributed by atoms with Crippen LogP contribution in [-0.4, -0.2) is 31.2 Å². The van der Waals surface area contributed by atoms with E-state index in [1.54, 1.807) is 13.2 Å². The molecule has 0 saturated carbocycles. The van der Waals surface area contributed by atoms with Crippen molar-refractivity contribution in [2.45, 2.75) is 25.2 Å². The Labute approximate surface area is 142 Å². The van der Waals surface area contributed by atoms with Crippen LogP contribution in [0.2, 0.25) is 0 Å². The Kier molecular flexibility index (Phi) is 4.81. The Hall–Kier alpha value is -2.40. The minimum absolute atomic E-state index is 0.00735. The highest BCUT2D eigenvalue weighted by Crippen LogP contribution is 2.36. The van der Waals surface area contributed by atoms with Crippen molar-refractivity contribution in [3.63, 3.8) is 0 Å². The maximum Gasteiger partial charge on any atom is 0.235 e. The normalized spacial score (nSPS) is 16.4. The molecule has 1 N–H and O–H groups in total. The van der Waals surface area contributed by atoms with Crippen LogP contribution in [-0.2, 0) is 14.9 Å². The maximum atomic E-state index is 13.2. The van der Waals surface area contributed by atoms with Gasteiger partial charge in [-0.25, -0.2) is 4.98 Å². The van der Waals surface area contributed by atoms with E-state index < -0.39 is 5.41 Å². The molecule has 5 heteroatoms. The molecule has 0 bridgehead atoms. The zero-order valence-corrected chi connectivity index (χ0v) is 14.0. The molecular formula is C19H22N2O3. The van der Waals surface area contributed by atoms with Crippen LogP contribution >= 0.6 is 0 Å². The highest BCUT2D eigenvalue weighted by molar-refractivity contribution is 5.99. The molecule has 2 aromatic rings. The molecule has 0 atom stereocenters. The summed E-state index contributed by atoms with van der Waals surface area (Å²) in [5.74, 6) is 0.529. The summed E-state index contributed by atoms with van der Waals surface area (Å²) in [7, 11) is 1.58. The molecule has 1 aromatic carbocycles. The first-order valence-electron chi connectivity index (χ1n) is 8.12. The van der Waals surface area contributed by atoms with Crippen molar-refractivity contribution in [2.75, 3.05) is 25.6 Å². The summed E-state index contributed by atoms with van der Waals surface area (Å²) in [6.45, 7) is 3.03. The van der Waals surface area contributed by atoms with E-state index in [2.05, 4.69) is 10.3 Å². The van der Waals surface area contributed by atoms with Gasteiger partial charge in [-0.3, -0.25) is 4.79 Å². The van der Waals surface area contributed by atoms with E-state index >= 15 is 0 Å². The number of pyridine rings is 1. The number of carbonyl (C=O) groups excluding carboxylic acids is 1. The average molecular weight is 326 g/mol. The Bertz CT molecular complexity index is 710. The van der Waals surface area contributed by atoms with Gasteiger partial charge in [-0.2, -0.15) is 0 Å². The lowest BCUT2D eigenvalue weighted by Gasteiger charge is -2.36. The smallest absolute Gasteiger partial charge is 0.235 e. The van der Waals surface area contributed by atoms with Crippen molar-refractivity contribution >= 4 is 11.6 Å². The summed E-state index contributed by atoms with van der Waals surface area (Å²) >= 11 is 0.